The highest BCUT2D eigenvalue weighted by atomic mass is 16.3. The zero-order chi connectivity index (χ0) is 9.80. The van der Waals surface area contributed by atoms with Gasteiger partial charge in [-0.1, -0.05) is 0 Å². The van der Waals surface area contributed by atoms with E-state index in [0.29, 0.717) is 5.92 Å². The molecule has 76 valence electrons. The molecular formula is C11H16N2O. The van der Waals surface area contributed by atoms with E-state index in [1.54, 1.807) is 6.20 Å². The summed E-state index contributed by atoms with van der Waals surface area (Å²) in [5, 5.41) is 12.6. The molecule has 3 nitrogen and oxygen atoms in total. The molecule has 3 heteroatoms. The number of aromatic nitrogens is 1. The van der Waals surface area contributed by atoms with Crippen LogP contribution in [0, 0.1) is 0 Å². The van der Waals surface area contributed by atoms with Crippen LogP contribution in [-0.4, -0.2) is 23.2 Å². The number of aliphatic hydroxyl groups excluding tert-OH is 1. The van der Waals surface area contributed by atoms with E-state index in [4.69, 9.17) is 0 Å². The number of rotatable bonds is 2. The Hall–Kier alpha value is -0.930. The minimum absolute atomic E-state index is 0.0969. The molecule has 0 spiro atoms. The number of piperidine rings is 1. The minimum atomic E-state index is 0.0969. The highest BCUT2D eigenvalue weighted by Gasteiger charge is 2.17. The molecule has 1 aromatic rings. The normalized spacial score (nSPS) is 22.2. The third-order valence-electron chi connectivity index (χ3n) is 2.85. The van der Waals surface area contributed by atoms with E-state index in [2.05, 4.69) is 10.3 Å². The molecule has 0 bridgehead atoms. The molecule has 1 atom stereocenters. The first-order valence-corrected chi connectivity index (χ1v) is 5.16. The van der Waals surface area contributed by atoms with Crippen molar-refractivity contribution in [3.05, 3.63) is 29.6 Å². The molecule has 1 aromatic heterocycles. The summed E-state index contributed by atoms with van der Waals surface area (Å²) in [6.45, 7) is 2.24. The van der Waals surface area contributed by atoms with Crippen LogP contribution in [0.15, 0.2) is 18.5 Å². The SMILES string of the molecule is OCc1cnccc1C1CCCNC1. The zero-order valence-corrected chi connectivity index (χ0v) is 8.24. The van der Waals surface area contributed by atoms with Gasteiger partial charge in [0.15, 0.2) is 0 Å². The van der Waals surface area contributed by atoms with Crippen LogP contribution >= 0.6 is 0 Å². The lowest BCUT2D eigenvalue weighted by Crippen LogP contribution is -2.28. The Morgan fingerprint density at radius 2 is 2.50 bits per heavy atom. The first-order chi connectivity index (χ1) is 6.92. The Labute approximate surface area is 84.2 Å². The molecule has 1 fully saturated rings. The highest BCUT2D eigenvalue weighted by Crippen LogP contribution is 2.25. The van der Waals surface area contributed by atoms with Crippen LogP contribution < -0.4 is 5.32 Å². The monoisotopic (exact) mass is 192 g/mol. The van der Waals surface area contributed by atoms with Gasteiger partial charge in [-0.3, -0.25) is 4.98 Å². The van der Waals surface area contributed by atoms with Crippen molar-refractivity contribution in [2.24, 2.45) is 0 Å². The van der Waals surface area contributed by atoms with Gasteiger partial charge < -0.3 is 10.4 Å². The van der Waals surface area contributed by atoms with E-state index in [9.17, 15) is 5.11 Å². The molecule has 0 aromatic carbocycles. The largest absolute Gasteiger partial charge is 0.392 e. The summed E-state index contributed by atoms with van der Waals surface area (Å²) >= 11 is 0. The predicted molar refractivity (Wildman–Crippen MR) is 55.0 cm³/mol. The summed E-state index contributed by atoms with van der Waals surface area (Å²) in [5.41, 5.74) is 2.23. The molecule has 1 saturated heterocycles. The second-order valence-electron chi connectivity index (χ2n) is 3.78. The zero-order valence-electron chi connectivity index (χ0n) is 8.24. The number of hydrogen-bond donors (Lipinski definition) is 2. The number of pyridine rings is 1. The molecule has 0 aliphatic carbocycles. The number of aliphatic hydroxyl groups is 1. The molecule has 14 heavy (non-hydrogen) atoms. The van der Waals surface area contributed by atoms with Crippen molar-refractivity contribution >= 4 is 0 Å². The quantitative estimate of drug-likeness (QED) is 0.736. The van der Waals surface area contributed by atoms with Crippen molar-refractivity contribution in [2.75, 3.05) is 13.1 Å². The summed E-state index contributed by atoms with van der Waals surface area (Å²) in [4.78, 5) is 4.03. The summed E-state index contributed by atoms with van der Waals surface area (Å²) in [5.74, 6) is 0.550. The Kier molecular flexibility index (Phi) is 3.11. The molecule has 2 heterocycles. The summed E-state index contributed by atoms with van der Waals surface area (Å²) < 4.78 is 0. The van der Waals surface area contributed by atoms with Gasteiger partial charge in [-0.05, 0) is 42.5 Å². The molecule has 1 aliphatic rings. The summed E-state index contributed by atoms with van der Waals surface area (Å²) in [7, 11) is 0. The van der Waals surface area contributed by atoms with Crippen molar-refractivity contribution in [1.29, 1.82) is 0 Å². The molecule has 1 aliphatic heterocycles. The van der Waals surface area contributed by atoms with E-state index >= 15 is 0 Å². The lowest BCUT2D eigenvalue weighted by atomic mass is 9.89. The van der Waals surface area contributed by atoms with Crippen molar-refractivity contribution in [3.63, 3.8) is 0 Å². The average Bonchev–Trinajstić information content (AvgIpc) is 2.30. The molecule has 0 radical (unpaired) electrons. The maximum atomic E-state index is 9.19. The van der Waals surface area contributed by atoms with E-state index in [0.717, 1.165) is 18.7 Å². The number of nitrogens with one attached hydrogen (secondary N) is 1. The Morgan fingerprint density at radius 3 is 3.21 bits per heavy atom. The highest BCUT2D eigenvalue weighted by molar-refractivity contribution is 5.27. The molecule has 2 rings (SSSR count). The van der Waals surface area contributed by atoms with Crippen LogP contribution in [0.4, 0.5) is 0 Å². The second-order valence-corrected chi connectivity index (χ2v) is 3.78. The third kappa shape index (κ3) is 1.94. The Balaban J connectivity index is 2.20. The lowest BCUT2D eigenvalue weighted by molar-refractivity contribution is 0.278. The van der Waals surface area contributed by atoms with Crippen LogP contribution in [0.25, 0.3) is 0 Å². The fraction of sp³-hybridized carbons (Fsp3) is 0.545. The molecule has 0 saturated carbocycles. The standard InChI is InChI=1S/C11H16N2O/c14-8-10-7-13-5-3-11(10)9-2-1-4-12-6-9/h3,5,7,9,12,14H,1-2,4,6,8H2. The van der Waals surface area contributed by atoms with Crippen LogP contribution in [0.1, 0.15) is 29.9 Å². The van der Waals surface area contributed by atoms with E-state index in [-0.39, 0.29) is 6.61 Å². The fourth-order valence-corrected chi connectivity index (χ4v) is 2.09. The van der Waals surface area contributed by atoms with Gasteiger partial charge in [0.1, 0.15) is 0 Å². The Bertz CT molecular complexity index is 295. The van der Waals surface area contributed by atoms with Crippen molar-refractivity contribution in [3.8, 4) is 0 Å². The molecule has 2 N–H and O–H groups in total. The third-order valence-corrected chi connectivity index (χ3v) is 2.85. The van der Waals surface area contributed by atoms with Gasteiger partial charge in [0.25, 0.3) is 0 Å². The average molecular weight is 192 g/mol. The Morgan fingerprint density at radius 1 is 1.57 bits per heavy atom. The topological polar surface area (TPSA) is 45.2 Å². The second kappa shape index (κ2) is 4.53. The van der Waals surface area contributed by atoms with Crippen molar-refractivity contribution in [1.82, 2.24) is 10.3 Å². The summed E-state index contributed by atoms with van der Waals surface area (Å²) in [6, 6.07) is 2.03. The van der Waals surface area contributed by atoms with Gasteiger partial charge in [0, 0.05) is 18.9 Å². The van der Waals surface area contributed by atoms with Gasteiger partial charge in [0.2, 0.25) is 0 Å². The van der Waals surface area contributed by atoms with E-state index < -0.39 is 0 Å². The molecule has 1 unspecified atom stereocenters. The minimum Gasteiger partial charge on any atom is -0.392 e. The van der Waals surface area contributed by atoms with Gasteiger partial charge in [-0.15, -0.1) is 0 Å². The van der Waals surface area contributed by atoms with Crippen molar-refractivity contribution in [2.45, 2.75) is 25.4 Å². The van der Waals surface area contributed by atoms with Crippen molar-refractivity contribution < 1.29 is 5.11 Å². The first kappa shape index (κ1) is 9.62. The van der Waals surface area contributed by atoms with Crippen LogP contribution in [0.5, 0.6) is 0 Å². The van der Waals surface area contributed by atoms with Crippen LogP contribution in [-0.2, 0) is 6.61 Å². The predicted octanol–water partition coefficient (Wildman–Crippen LogP) is 1.04. The van der Waals surface area contributed by atoms with Gasteiger partial charge in [-0.25, -0.2) is 0 Å². The maximum Gasteiger partial charge on any atom is 0.0699 e. The van der Waals surface area contributed by atoms with E-state index in [1.807, 2.05) is 12.3 Å². The van der Waals surface area contributed by atoms with Crippen LogP contribution in [0.3, 0.4) is 0 Å². The number of hydrogen-bond acceptors (Lipinski definition) is 3. The van der Waals surface area contributed by atoms with Crippen LogP contribution in [0.2, 0.25) is 0 Å². The smallest absolute Gasteiger partial charge is 0.0699 e. The maximum absolute atomic E-state index is 9.19. The first-order valence-electron chi connectivity index (χ1n) is 5.16. The molecular weight excluding hydrogens is 176 g/mol. The van der Waals surface area contributed by atoms with Gasteiger partial charge in [-0.2, -0.15) is 0 Å². The molecule has 0 amide bonds. The van der Waals surface area contributed by atoms with Gasteiger partial charge >= 0.3 is 0 Å². The lowest BCUT2D eigenvalue weighted by Gasteiger charge is -2.24. The number of nitrogens with zero attached hydrogens (tertiary/aromatic N) is 1. The van der Waals surface area contributed by atoms with E-state index in [1.165, 1.54) is 18.4 Å². The summed E-state index contributed by atoms with van der Waals surface area (Å²) in [6.07, 6.45) is 6.01. The van der Waals surface area contributed by atoms with Gasteiger partial charge in [0.05, 0.1) is 6.61 Å². The fourth-order valence-electron chi connectivity index (χ4n) is 2.09.